The van der Waals surface area contributed by atoms with Crippen molar-refractivity contribution in [2.75, 3.05) is 0 Å². The molecule has 0 bridgehead atoms. The molecule has 283 valence electrons. The van der Waals surface area contributed by atoms with Crippen molar-refractivity contribution in [3.63, 3.8) is 0 Å². The fraction of sp³-hybridized carbons (Fsp3) is 0.0625. The largest absolute Gasteiger partial charge is 3.00 e. The molecule has 0 unspecified atom stereocenters. The SMILES string of the molecule is Cc1[nH]n(-c2ccccc2)c(=O)c1N=Nc1cc(Cl)cc(S(=O)(=O)O)c1[O-].Cc1nn(-c2ccccc2)c([O-])c1N=Nc1cc(Cl)cc(S(=O)(=O)[O-])c1[O-].[Cr+3].[Na+].[Na+].[Na+]. The van der Waals surface area contributed by atoms with Crippen LogP contribution in [-0.4, -0.2) is 45.5 Å². The molecule has 0 atom stereocenters. The van der Waals surface area contributed by atoms with Crippen LogP contribution in [-0.2, 0) is 37.6 Å². The number of hydrogen-bond acceptors (Lipinski definition) is 14. The third kappa shape index (κ3) is 12.8. The van der Waals surface area contributed by atoms with Gasteiger partial charge in [0.05, 0.1) is 43.9 Å². The van der Waals surface area contributed by atoms with Gasteiger partial charge in [-0.25, -0.2) is 17.8 Å². The molecule has 2 heterocycles. The van der Waals surface area contributed by atoms with Crippen LogP contribution in [0.3, 0.4) is 0 Å². The van der Waals surface area contributed by atoms with Crippen molar-refractivity contribution in [1.82, 2.24) is 19.6 Å². The van der Waals surface area contributed by atoms with E-state index in [1.165, 1.54) is 11.6 Å². The van der Waals surface area contributed by atoms with Crippen molar-refractivity contribution >= 4 is 66.2 Å². The minimum absolute atomic E-state index is 0. The van der Waals surface area contributed by atoms with Crippen LogP contribution < -0.4 is 110 Å². The number of azo groups is 2. The maximum Gasteiger partial charge on any atom is 3.00 e. The van der Waals surface area contributed by atoms with Crippen molar-refractivity contribution < 1.29 is 147 Å². The molecule has 6 rings (SSSR count). The molecule has 0 fully saturated rings. The average Bonchev–Trinajstić information content (AvgIpc) is 3.57. The van der Waals surface area contributed by atoms with E-state index >= 15 is 0 Å². The molecule has 4 aromatic carbocycles. The maximum atomic E-state index is 12.5. The Morgan fingerprint density at radius 3 is 1.64 bits per heavy atom. The molecule has 0 saturated carbocycles. The molecule has 0 saturated heterocycles. The van der Waals surface area contributed by atoms with E-state index in [4.69, 9.17) is 27.8 Å². The normalized spacial score (nSPS) is 11.1. The van der Waals surface area contributed by atoms with E-state index in [-0.39, 0.29) is 133 Å². The Hall–Kier alpha value is -2.37. The molecule has 18 nitrogen and oxygen atoms in total. The number of para-hydroxylation sites is 2. The van der Waals surface area contributed by atoms with Gasteiger partial charge in [-0.2, -0.15) is 23.7 Å². The Labute approximate surface area is 417 Å². The van der Waals surface area contributed by atoms with Crippen molar-refractivity contribution in [1.29, 1.82) is 0 Å². The van der Waals surface area contributed by atoms with E-state index in [0.29, 0.717) is 17.1 Å². The van der Waals surface area contributed by atoms with E-state index in [1.54, 1.807) is 67.6 Å². The number of H-pyrrole nitrogens is 1. The number of aromatic amines is 1. The number of halogens is 2. The zero-order chi connectivity index (χ0) is 39.5. The maximum absolute atomic E-state index is 12.5. The van der Waals surface area contributed by atoms with Gasteiger partial charge in [-0.15, -0.1) is 10.2 Å². The summed E-state index contributed by atoms with van der Waals surface area (Å²) in [7, 11) is -9.82. The van der Waals surface area contributed by atoms with Crippen LogP contribution in [0, 0.1) is 13.8 Å². The number of aromatic nitrogens is 4. The summed E-state index contributed by atoms with van der Waals surface area (Å²) < 4.78 is 67.5. The van der Waals surface area contributed by atoms with E-state index in [9.17, 15) is 41.5 Å². The van der Waals surface area contributed by atoms with Crippen LogP contribution in [0.5, 0.6) is 17.4 Å². The summed E-state index contributed by atoms with van der Waals surface area (Å²) in [5.74, 6) is -2.81. The van der Waals surface area contributed by atoms with Gasteiger partial charge >= 0.3 is 106 Å². The van der Waals surface area contributed by atoms with Gasteiger partial charge in [0.15, 0.2) is 5.69 Å². The summed E-state index contributed by atoms with van der Waals surface area (Å²) in [6.45, 7) is 3.12. The monoisotopic (exact) mass is 933 g/mol. The van der Waals surface area contributed by atoms with Crippen LogP contribution in [0.4, 0.5) is 22.7 Å². The van der Waals surface area contributed by atoms with E-state index in [0.717, 1.165) is 28.9 Å². The molecular formula is C32H22Cl2CrN8Na3O10S2+2. The Bertz CT molecular complexity index is 2740. The summed E-state index contributed by atoms with van der Waals surface area (Å²) in [5.41, 5.74) is 0.107. The van der Waals surface area contributed by atoms with Gasteiger partial charge in [0.1, 0.15) is 15.8 Å². The van der Waals surface area contributed by atoms with Crippen molar-refractivity contribution in [3.8, 4) is 28.8 Å². The first-order chi connectivity index (χ1) is 25.4. The van der Waals surface area contributed by atoms with Crippen LogP contribution in [0.1, 0.15) is 11.4 Å². The molecule has 0 aliphatic heterocycles. The van der Waals surface area contributed by atoms with Gasteiger partial charge < -0.3 is 19.9 Å². The number of rotatable bonds is 8. The first kappa shape index (κ1) is 53.7. The molecule has 6 aromatic rings. The Kier molecular flexibility index (Phi) is 20.8. The zero-order valence-corrected chi connectivity index (χ0v) is 41.2. The Balaban J connectivity index is 0.000000543. The number of hydrogen-bond donors (Lipinski definition) is 2. The molecular weight excluding hydrogens is 912 g/mol. The van der Waals surface area contributed by atoms with Crippen LogP contribution in [0.2, 0.25) is 10.0 Å². The standard InChI is InChI=1S/2C16H13ClN4O5S.Cr.3Na/c2*1-9-14(16(23)21(20-9)11-5-3-2-4-6-11)19-18-12-7-10(17)8-13(15(12)22)27(24,25)26;;;;/h2-8,22-23H,1H3,(H,24,25,26);2-8,20,22H,1H3,(H,24,25,26);;;;/q;;+3;3*+1/p-4. The summed E-state index contributed by atoms with van der Waals surface area (Å²) in [6, 6.07) is 21.0. The second kappa shape index (κ2) is 22.5. The summed E-state index contributed by atoms with van der Waals surface area (Å²) >= 11 is 11.5. The molecule has 2 N–H and O–H groups in total. The fourth-order valence-corrected chi connectivity index (χ4v) is 6.39. The summed E-state index contributed by atoms with van der Waals surface area (Å²) in [6.07, 6.45) is 0. The molecule has 2 aromatic heterocycles. The predicted octanol–water partition coefficient (Wildman–Crippen LogP) is -3.83. The average molecular weight is 935 g/mol. The zero-order valence-electron chi connectivity index (χ0n) is 30.8. The fourth-order valence-electron chi connectivity index (χ4n) is 4.61. The van der Waals surface area contributed by atoms with Gasteiger partial charge in [0.25, 0.3) is 15.7 Å². The Morgan fingerprint density at radius 1 is 0.707 bits per heavy atom. The minimum Gasteiger partial charge on any atom is -0.870 e. The van der Waals surface area contributed by atoms with Gasteiger partial charge in [0, 0.05) is 15.9 Å². The summed E-state index contributed by atoms with van der Waals surface area (Å²) in [5, 5.41) is 58.1. The van der Waals surface area contributed by atoms with Crippen LogP contribution in [0.25, 0.3) is 11.4 Å². The molecule has 0 spiro atoms. The first-order valence-electron chi connectivity index (χ1n) is 14.8. The van der Waals surface area contributed by atoms with Crippen molar-refractivity contribution in [2.45, 2.75) is 23.6 Å². The molecule has 58 heavy (non-hydrogen) atoms. The van der Waals surface area contributed by atoms with Crippen molar-refractivity contribution in [2.24, 2.45) is 20.5 Å². The second-order valence-electron chi connectivity index (χ2n) is 10.9. The minimum atomic E-state index is -5.04. The number of aryl methyl sites for hydroxylation is 2. The first-order valence-corrected chi connectivity index (χ1v) is 18.4. The third-order valence-electron chi connectivity index (χ3n) is 7.11. The summed E-state index contributed by atoms with van der Waals surface area (Å²) in [4.78, 5) is 10.6. The van der Waals surface area contributed by atoms with E-state index < -0.39 is 64.3 Å². The van der Waals surface area contributed by atoms with Gasteiger partial charge in [-0.05, 0) is 62.4 Å². The van der Waals surface area contributed by atoms with Gasteiger partial charge in [-0.1, -0.05) is 71.1 Å². The number of nitrogens with zero attached hydrogens (tertiary/aromatic N) is 7. The molecule has 0 aliphatic carbocycles. The molecule has 26 heteroatoms. The van der Waals surface area contributed by atoms with Crippen molar-refractivity contribution in [3.05, 3.63) is 117 Å². The quantitative estimate of drug-likeness (QED) is 0.0847. The molecule has 0 amide bonds. The predicted molar refractivity (Wildman–Crippen MR) is 187 cm³/mol. The smallest absolute Gasteiger partial charge is 0.870 e. The van der Waals surface area contributed by atoms with Crippen LogP contribution >= 0.6 is 23.2 Å². The topological polar surface area (TPSA) is 286 Å². The third-order valence-corrected chi connectivity index (χ3v) is 9.24. The van der Waals surface area contributed by atoms with Gasteiger partial charge in [-0.3, -0.25) is 14.4 Å². The second-order valence-corrected chi connectivity index (χ2v) is 14.5. The Morgan fingerprint density at radius 2 is 1.16 bits per heavy atom. The van der Waals surface area contributed by atoms with E-state index in [1.807, 2.05) is 0 Å². The van der Waals surface area contributed by atoms with E-state index in [2.05, 4.69) is 30.7 Å². The molecule has 1 radical (unpaired) electrons. The number of benzene rings is 4. The number of nitrogens with one attached hydrogen (secondary N) is 1. The molecule has 0 aliphatic rings. The van der Waals surface area contributed by atoms with Gasteiger partial charge in [0.2, 0.25) is 0 Å². The van der Waals surface area contributed by atoms with Crippen LogP contribution in [0.15, 0.2) is 120 Å².